The molecule has 10 heteroatoms. The maximum absolute atomic E-state index is 12.8. The number of rotatable bonds is 5. The number of hydrogen-bond acceptors (Lipinski definition) is 4. The fourth-order valence-corrected chi connectivity index (χ4v) is 3.80. The van der Waals surface area contributed by atoms with Crippen LogP contribution < -0.4 is 10.1 Å². The van der Waals surface area contributed by atoms with Gasteiger partial charge in [0.1, 0.15) is 16.0 Å². The molecular formula is C19H14ClF3N2O3S. The molecule has 1 aliphatic heterocycles. The zero-order valence-electron chi connectivity index (χ0n) is 14.9. The lowest BCUT2D eigenvalue weighted by Crippen LogP contribution is -2.21. The molecule has 0 fully saturated rings. The summed E-state index contributed by atoms with van der Waals surface area (Å²) in [5, 5.41) is 1.97. The first-order valence-electron chi connectivity index (χ1n) is 8.27. The minimum atomic E-state index is -4.57. The van der Waals surface area contributed by atoms with E-state index < -0.39 is 28.8 Å². The number of alkyl halides is 3. The first-order valence-corrected chi connectivity index (χ1v) is 9.53. The van der Waals surface area contributed by atoms with E-state index >= 15 is 0 Å². The van der Waals surface area contributed by atoms with Crippen LogP contribution >= 0.6 is 23.4 Å². The number of halogens is 4. The maximum Gasteiger partial charge on any atom is 0.416 e. The number of anilines is 1. The highest BCUT2D eigenvalue weighted by molar-refractivity contribution is 8.16. The van der Waals surface area contributed by atoms with Gasteiger partial charge >= 0.3 is 6.18 Å². The highest BCUT2D eigenvalue weighted by Gasteiger charge is 2.33. The predicted molar refractivity (Wildman–Crippen MR) is 106 cm³/mol. The van der Waals surface area contributed by atoms with Crippen molar-refractivity contribution >= 4 is 45.9 Å². The highest BCUT2D eigenvalue weighted by Crippen LogP contribution is 2.34. The number of thioether (sulfide) groups is 1. The number of amides is 2. The number of ether oxygens (including phenoxy) is 1. The topological polar surface area (TPSA) is 67.8 Å². The summed E-state index contributed by atoms with van der Waals surface area (Å²) >= 11 is 6.99. The van der Waals surface area contributed by atoms with Gasteiger partial charge in [-0.25, -0.2) is 4.99 Å². The molecule has 1 unspecified atom stereocenters. The van der Waals surface area contributed by atoms with Crippen molar-refractivity contribution in [3.8, 4) is 5.75 Å². The molecule has 2 amide bonds. The molecule has 0 saturated heterocycles. The molecule has 1 heterocycles. The summed E-state index contributed by atoms with van der Waals surface area (Å²) in [4.78, 5) is 28.4. The van der Waals surface area contributed by atoms with Crippen LogP contribution in [0.25, 0.3) is 0 Å². The molecule has 1 aliphatic rings. The number of nitrogens with one attached hydrogen (secondary N) is 1. The molecule has 0 aromatic heterocycles. The summed E-state index contributed by atoms with van der Waals surface area (Å²) in [6.45, 7) is 0. The zero-order chi connectivity index (χ0) is 21.2. The fourth-order valence-electron chi connectivity index (χ4n) is 2.57. The third-order valence-corrected chi connectivity index (χ3v) is 5.53. The van der Waals surface area contributed by atoms with Crippen LogP contribution in [0, 0.1) is 0 Å². The van der Waals surface area contributed by atoms with E-state index in [0.29, 0.717) is 16.4 Å². The highest BCUT2D eigenvalue weighted by atomic mass is 35.5. The van der Waals surface area contributed by atoms with E-state index in [1.165, 1.54) is 7.11 Å². The van der Waals surface area contributed by atoms with Gasteiger partial charge in [0.25, 0.3) is 5.91 Å². The van der Waals surface area contributed by atoms with Gasteiger partial charge in [-0.2, -0.15) is 13.2 Å². The van der Waals surface area contributed by atoms with Crippen molar-refractivity contribution in [2.75, 3.05) is 12.4 Å². The van der Waals surface area contributed by atoms with Gasteiger partial charge < -0.3 is 10.1 Å². The van der Waals surface area contributed by atoms with Crippen LogP contribution in [0.1, 0.15) is 17.5 Å². The molecule has 1 atom stereocenters. The molecule has 5 nitrogen and oxygen atoms in total. The quantitative estimate of drug-likeness (QED) is 0.723. The summed E-state index contributed by atoms with van der Waals surface area (Å²) in [5.74, 6) is -0.532. The van der Waals surface area contributed by atoms with E-state index in [1.54, 1.807) is 24.3 Å². The molecule has 29 heavy (non-hydrogen) atoms. The second-order valence-electron chi connectivity index (χ2n) is 6.04. The number of carbonyl (C=O) groups excluding carboxylic acids is 2. The molecule has 0 aliphatic carbocycles. The average Bonchev–Trinajstić information content (AvgIpc) is 3.03. The van der Waals surface area contributed by atoms with Crippen molar-refractivity contribution in [3.05, 3.63) is 58.6 Å². The number of hydrogen-bond donors (Lipinski definition) is 1. The summed E-state index contributed by atoms with van der Waals surface area (Å²) < 4.78 is 43.7. The van der Waals surface area contributed by atoms with Gasteiger partial charge in [0, 0.05) is 12.0 Å². The Morgan fingerprint density at radius 3 is 2.72 bits per heavy atom. The molecule has 0 radical (unpaired) electrons. The van der Waals surface area contributed by atoms with E-state index in [1.807, 2.05) is 0 Å². The summed E-state index contributed by atoms with van der Waals surface area (Å²) in [7, 11) is 1.51. The van der Waals surface area contributed by atoms with Crippen molar-refractivity contribution in [1.29, 1.82) is 0 Å². The minimum Gasteiger partial charge on any atom is -0.497 e. The third kappa shape index (κ3) is 5.10. The van der Waals surface area contributed by atoms with Crippen LogP contribution in [-0.4, -0.2) is 29.2 Å². The van der Waals surface area contributed by atoms with Crippen molar-refractivity contribution in [1.82, 2.24) is 0 Å². The standard InChI is InChI=1S/C19H14ClF3N2O3S/c1-28-12-4-2-3-10(7-12)18-25-17(27)15(29-18)9-16(26)24-14-8-11(19(21,22)23)5-6-13(14)20/h2-8,15H,9H2,1H3,(H,24,26). The van der Waals surface area contributed by atoms with Crippen molar-refractivity contribution in [2.24, 2.45) is 4.99 Å². The third-order valence-electron chi connectivity index (χ3n) is 4.00. The molecule has 0 saturated carbocycles. The Kier molecular flexibility index (Phi) is 6.18. The van der Waals surface area contributed by atoms with Crippen LogP contribution in [0.2, 0.25) is 5.02 Å². The first-order chi connectivity index (χ1) is 13.7. The lowest BCUT2D eigenvalue weighted by Gasteiger charge is -2.12. The number of benzene rings is 2. The zero-order valence-corrected chi connectivity index (χ0v) is 16.5. The SMILES string of the molecule is COc1cccc(C2=NC(=O)C(CC(=O)Nc3cc(C(F)(F)F)ccc3Cl)S2)c1. The van der Waals surface area contributed by atoms with Gasteiger partial charge in [0.15, 0.2) is 0 Å². The van der Waals surface area contributed by atoms with Crippen molar-refractivity contribution in [3.63, 3.8) is 0 Å². The summed E-state index contributed by atoms with van der Waals surface area (Å²) in [5.41, 5.74) is -0.436. The van der Waals surface area contributed by atoms with Crippen molar-refractivity contribution < 1.29 is 27.5 Å². The summed E-state index contributed by atoms with van der Waals surface area (Å²) in [6, 6.07) is 9.59. The molecular weight excluding hydrogens is 429 g/mol. The number of nitrogens with zero attached hydrogens (tertiary/aromatic N) is 1. The van der Waals surface area contributed by atoms with Crippen LogP contribution in [0.4, 0.5) is 18.9 Å². The van der Waals surface area contributed by atoms with Gasteiger partial charge in [-0.1, -0.05) is 35.5 Å². The van der Waals surface area contributed by atoms with Crippen molar-refractivity contribution in [2.45, 2.75) is 17.8 Å². The Bertz CT molecular complexity index is 995. The summed E-state index contributed by atoms with van der Waals surface area (Å²) in [6.07, 6.45) is -4.83. The van der Waals surface area contributed by atoms with Crippen LogP contribution in [0.15, 0.2) is 47.5 Å². The molecule has 3 rings (SSSR count). The van der Waals surface area contributed by atoms with E-state index in [2.05, 4.69) is 10.3 Å². The Hall–Kier alpha value is -2.52. The minimum absolute atomic E-state index is 0.0370. The second-order valence-corrected chi connectivity index (χ2v) is 7.64. The van der Waals surface area contributed by atoms with E-state index in [0.717, 1.165) is 30.0 Å². The monoisotopic (exact) mass is 442 g/mol. The number of aliphatic imine (C=N–C) groups is 1. The second kappa shape index (κ2) is 8.46. The first kappa shape index (κ1) is 21.2. The van der Waals surface area contributed by atoms with E-state index in [9.17, 15) is 22.8 Å². The van der Waals surface area contributed by atoms with Gasteiger partial charge in [-0.05, 0) is 30.3 Å². The normalized spacial score (nSPS) is 16.5. The molecule has 0 spiro atoms. The van der Waals surface area contributed by atoms with E-state index in [4.69, 9.17) is 16.3 Å². The Morgan fingerprint density at radius 2 is 2.03 bits per heavy atom. The van der Waals surface area contributed by atoms with Gasteiger partial charge in [-0.3, -0.25) is 9.59 Å². The molecule has 1 N–H and O–H groups in total. The fraction of sp³-hybridized carbons (Fsp3) is 0.211. The van der Waals surface area contributed by atoms with Crippen LogP contribution in [0.5, 0.6) is 5.75 Å². The average molecular weight is 443 g/mol. The Balaban J connectivity index is 1.67. The number of carbonyl (C=O) groups is 2. The van der Waals surface area contributed by atoms with Gasteiger partial charge in [0.05, 0.1) is 23.4 Å². The van der Waals surface area contributed by atoms with Crippen LogP contribution in [0.3, 0.4) is 0 Å². The van der Waals surface area contributed by atoms with Crippen LogP contribution in [-0.2, 0) is 15.8 Å². The lowest BCUT2D eigenvalue weighted by molar-refractivity contribution is -0.137. The molecule has 0 bridgehead atoms. The van der Waals surface area contributed by atoms with E-state index in [-0.39, 0.29) is 17.1 Å². The largest absolute Gasteiger partial charge is 0.497 e. The number of methoxy groups -OCH3 is 1. The predicted octanol–water partition coefficient (Wildman–Crippen LogP) is 4.78. The molecule has 2 aromatic rings. The molecule has 2 aromatic carbocycles. The maximum atomic E-state index is 12.8. The van der Waals surface area contributed by atoms with Gasteiger partial charge in [0.2, 0.25) is 5.91 Å². The lowest BCUT2D eigenvalue weighted by atomic mass is 10.2. The Morgan fingerprint density at radius 1 is 1.28 bits per heavy atom. The smallest absolute Gasteiger partial charge is 0.416 e. The molecule has 152 valence electrons. The van der Waals surface area contributed by atoms with Gasteiger partial charge in [-0.15, -0.1) is 0 Å². The Labute approximate surface area is 173 Å².